The highest BCUT2D eigenvalue weighted by Gasteiger charge is 2.16. The van der Waals surface area contributed by atoms with Crippen LogP contribution in [0.5, 0.6) is 0 Å². The van der Waals surface area contributed by atoms with Crippen LogP contribution in [0.4, 0.5) is 4.39 Å². The lowest BCUT2D eigenvalue weighted by Gasteiger charge is -2.19. The molecule has 5 heteroatoms. The van der Waals surface area contributed by atoms with E-state index in [0.29, 0.717) is 0 Å². The number of nitrogens with two attached hydrogens (primary N) is 1. The van der Waals surface area contributed by atoms with Gasteiger partial charge in [-0.05, 0) is 34.7 Å². The quantitative estimate of drug-likeness (QED) is 0.574. The summed E-state index contributed by atoms with van der Waals surface area (Å²) in [6.07, 6.45) is 3.53. The minimum Gasteiger partial charge on any atom is -0.271 e. The molecular weight excluding hydrogens is 289 g/mol. The lowest BCUT2D eigenvalue weighted by atomic mass is 9.95. The Kier molecular flexibility index (Phi) is 3.84. The maximum absolute atomic E-state index is 13.3. The summed E-state index contributed by atoms with van der Waals surface area (Å²) in [7, 11) is 0. The van der Waals surface area contributed by atoms with Gasteiger partial charge in [-0.15, -0.1) is 0 Å². The molecule has 3 aromatic rings. The van der Waals surface area contributed by atoms with E-state index in [1.165, 1.54) is 6.07 Å². The molecule has 0 fully saturated rings. The summed E-state index contributed by atoms with van der Waals surface area (Å²) >= 11 is 5.86. The first-order chi connectivity index (χ1) is 10.2. The normalized spacial score (nSPS) is 12.5. The highest BCUT2D eigenvalue weighted by Crippen LogP contribution is 2.29. The molecule has 1 atom stereocenters. The Labute approximate surface area is 126 Å². The maximum Gasteiger partial charge on any atom is 0.141 e. The number of fused-ring (bicyclic) bond motifs is 1. The molecule has 106 valence electrons. The lowest BCUT2D eigenvalue weighted by Crippen LogP contribution is -2.29. The molecule has 3 rings (SSSR count). The monoisotopic (exact) mass is 301 g/mol. The van der Waals surface area contributed by atoms with Crippen LogP contribution >= 0.6 is 11.6 Å². The van der Waals surface area contributed by atoms with E-state index in [9.17, 15) is 4.39 Å². The molecule has 2 aromatic carbocycles. The van der Waals surface area contributed by atoms with Gasteiger partial charge in [0.05, 0.1) is 11.1 Å². The van der Waals surface area contributed by atoms with E-state index >= 15 is 0 Å². The molecule has 0 saturated carbocycles. The van der Waals surface area contributed by atoms with Crippen LogP contribution in [0.3, 0.4) is 0 Å². The largest absolute Gasteiger partial charge is 0.271 e. The van der Waals surface area contributed by atoms with Gasteiger partial charge < -0.3 is 0 Å². The average Bonchev–Trinajstić information content (AvgIpc) is 2.52. The minimum absolute atomic E-state index is 0.0751. The summed E-state index contributed by atoms with van der Waals surface area (Å²) < 4.78 is 13.3. The van der Waals surface area contributed by atoms with Crippen LogP contribution in [0.15, 0.2) is 54.9 Å². The molecule has 0 aliphatic rings. The minimum atomic E-state index is -0.448. The summed E-state index contributed by atoms with van der Waals surface area (Å²) in [5.41, 5.74) is 4.52. The number of pyridine rings is 1. The Hall–Kier alpha value is -2.01. The van der Waals surface area contributed by atoms with Gasteiger partial charge in [-0.25, -0.2) is 9.82 Å². The van der Waals surface area contributed by atoms with E-state index in [-0.39, 0.29) is 11.1 Å². The van der Waals surface area contributed by atoms with E-state index in [1.807, 2.05) is 24.3 Å². The highest BCUT2D eigenvalue weighted by atomic mass is 35.5. The molecule has 1 heterocycles. The SMILES string of the molecule is NNC(c1ccc(F)c(Cl)c1)c1cccc2ccncc12. The number of hydrogen-bond acceptors (Lipinski definition) is 3. The van der Waals surface area contributed by atoms with E-state index in [0.717, 1.165) is 21.9 Å². The molecule has 0 aliphatic heterocycles. The second-order valence-corrected chi connectivity index (χ2v) is 5.12. The van der Waals surface area contributed by atoms with Crippen molar-refractivity contribution in [2.45, 2.75) is 6.04 Å². The molecule has 0 bridgehead atoms. The third kappa shape index (κ3) is 2.61. The number of nitrogens with zero attached hydrogens (tertiary/aromatic N) is 1. The molecule has 0 aliphatic carbocycles. The predicted molar refractivity (Wildman–Crippen MR) is 82.3 cm³/mol. The Morgan fingerprint density at radius 3 is 2.81 bits per heavy atom. The zero-order valence-corrected chi connectivity index (χ0v) is 11.8. The molecule has 0 saturated heterocycles. The first kappa shape index (κ1) is 13.9. The van der Waals surface area contributed by atoms with Gasteiger partial charge in [-0.3, -0.25) is 10.8 Å². The molecule has 3 nitrogen and oxygen atoms in total. The van der Waals surface area contributed by atoms with Crippen LogP contribution in [0.25, 0.3) is 10.8 Å². The van der Waals surface area contributed by atoms with E-state index in [2.05, 4.69) is 10.4 Å². The van der Waals surface area contributed by atoms with Gasteiger partial charge in [0.25, 0.3) is 0 Å². The smallest absolute Gasteiger partial charge is 0.141 e. The van der Waals surface area contributed by atoms with Crippen LogP contribution in [0.1, 0.15) is 17.2 Å². The van der Waals surface area contributed by atoms with Crippen molar-refractivity contribution in [3.05, 3.63) is 76.8 Å². The van der Waals surface area contributed by atoms with Crippen molar-refractivity contribution in [3.63, 3.8) is 0 Å². The van der Waals surface area contributed by atoms with Gasteiger partial charge in [0.1, 0.15) is 5.82 Å². The number of hydrazine groups is 1. The Balaban J connectivity index is 2.16. The van der Waals surface area contributed by atoms with Gasteiger partial charge in [-0.1, -0.05) is 35.9 Å². The Bertz CT molecular complexity index is 786. The van der Waals surface area contributed by atoms with Crippen molar-refractivity contribution in [1.29, 1.82) is 0 Å². The number of halogens is 2. The van der Waals surface area contributed by atoms with Crippen molar-refractivity contribution >= 4 is 22.4 Å². The van der Waals surface area contributed by atoms with Gasteiger partial charge in [0.2, 0.25) is 0 Å². The third-order valence-electron chi connectivity index (χ3n) is 3.47. The van der Waals surface area contributed by atoms with E-state index in [4.69, 9.17) is 17.4 Å². The fourth-order valence-electron chi connectivity index (χ4n) is 2.45. The van der Waals surface area contributed by atoms with Crippen molar-refractivity contribution < 1.29 is 4.39 Å². The number of aromatic nitrogens is 1. The zero-order valence-electron chi connectivity index (χ0n) is 11.1. The summed E-state index contributed by atoms with van der Waals surface area (Å²) in [6.45, 7) is 0. The van der Waals surface area contributed by atoms with Crippen LogP contribution in [0, 0.1) is 5.82 Å². The van der Waals surface area contributed by atoms with Crippen LogP contribution in [-0.4, -0.2) is 4.98 Å². The summed E-state index contributed by atoms with van der Waals surface area (Å²) in [5, 5.41) is 2.13. The van der Waals surface area contributed by atoms with Gasteiger partial charge in [-0.2, -0.15) is 0 Å². The van der Waals surface area contributed by atoms with Crippen molar-refractivity contribution in [2.24, 2.45) is 5.84 Å². The molecule has 0 radical (unpaired) electrons. The molecule has 3 N–H and O–H groups in total. The van der Waals surface area contributed by atoms with Crippen LogP contribution in [-0.2, 0) is 0 Å². The number of nitrogens with one attached hydrogen (secondary N) is 1. The molecule has 21 heavy (non-hydrogen) atoms. The predicted octanol–water partition coefficient (Wildman–Crippen LogP) is 3.58. The van der Waals surface area contributed by atoms with Crippen molar-refractivity contribution in [3.8, 4) is 0 Å². The fraction of sp³-hybridized carbons (Fsp3) is 0.0625. The highest BCUT2D eigenvalue weighted by molar-refractivity contribution is 6.30. The zero-order chi connectivity index (χ0) is 14.8. The molecule has 1 aromatic heterocycles. The molecule has 0 amide bonds. The van der Waals surface area contributed by atoms with E-state index < -0.39 is 5.82 Å². The number of rotatable bonds is 3. The summed E-state index contributed by atoms with van der Waals surface area (Å²) in [5.74, 6) is 5.26. The van der Waals surface area contributed by atoms with Crippen LogP contribution in [0.2, 0.25) is 5.02 Å². The molecule has 1 unspecified atom stereocenters. The number of benzene rings is 2. The lowest BCUT2D eigenvalue weighted by molar-refractivity contribution is 0.617. The third-order valence-corrected chi connectivity index (χ3v) is 3.76. The van der Waals surface area contributed by atoms with Gasteiger partial charge >= 0.3 is 0 Å². The van der Waals surface area contributed by atoms with E-state index in [1.54, 1.807) is 24.5 Å². The summed E-state index contributed by atoms with van der Waals surface area (Å²) in [6, 6.07) is 12.1. The van der Waals surface area contributed by atoms with Crippen molar-refractivity contribution in [1.82, 2.24) is 10.4 Å². The Morgan fingerprint density at radius 1 is 1.19 bits per heavy atom. The second kappa shape index (κ2) is 5.77. The maximum atomic E-state index is 13.3. The topological polar surface area (TPSA) is 50.9 Å². The first-order valence-electron chi connectivity index (χ1n) is 6.44. The number of hydrogen-bond donors (Lipinski definition) is 2. The van der Waals surface area contributed by atoms with Gasteiger partial charge in [0.15, 0.2) is 0 Å². The van der Waals surface area contributed by atoms with Crippen LogP contribution < -0.4 is 11.3 Å². The fourth-order valence-corrected chi connectivity index (χ4v) is 2.64. The standard InChI is InChI=1S/C16H13ClFN3/c17-14-8-11(4-5-15(14)18)16(21-19)12-3-1-2-10-6-7-20-9-13(10)12/h1-9,16,21H,19H2. The first-order valence-corrected chi connectivity index (χ1v) is 6.82. The average molecular weight is 302 g/mol. The Morgan fingerprint density at radius 2 is 2.05 bits per heavy atom. The summed E-state index contributed by atoms with van der Waals surface area (Å²) in [4.78, 5) is 4.16. The molecule has 0 spiro atoms. The van der Waals surface area contributed by atoms with Gasteiger partial charge in [0, 0.05) is 17.8 Å². The van der Waals surface area contributed by atoms with Crippen molar-refractivity contribution in [2.75, 3.05) is 0 Å². The molecular formula is C16H13ClFN3. The second-order valence-electron chi connectivity index (χ2n) is 4.72.